The van der Waals surface area contributed by atoms with Crippen LogP contribution in [0, 0.1) is 0 Å². The first-order chi connectivity index (χ1) is 10.1. The zero-order valence-corrected chi connectivity index (χ0v) is 12.7. The third kappa shape index (κ3) is 2.98. The number of amides is 1. The van der Waals surface area contributed by atoms with Crippen LogP contribution in [0.2, 0.25) is 5.02 Å². The van der Waals surface area contributed by atoms with E-state index in [9.17, 15) is 4.79 Å². The van der Waals surface area contributed by atoms with Crippen LogP contribution in [0.4, 0.5) is 6.01 Å². The van der Waals surface area contributed by atoms with Gasteiger partial charge in [-0.2, -0.15) is 0 Å². The molecule has 21 heavy (non-hydrogen) atoms. The Balaban J connectivity index is 1.80. The molecular formula is C13H7BrClN3O3. The summed E-state index contributed by atoms with van der Waals surface area (Å²) in [6.45, 7) is 0. The Kier molecular flexibility index (Phi) is 3.76. The monoisotopic (exact) mass is 367 g/mol. The molecule has 6 nitrogen and oxygen atoms in total. The molecule has 8 heteroatoms. The van der Waals surface area contributed by atoms with Crippen molar-refractivity contribution < 1.29 is 13.6 Å². The lowest BCUT2D eigenvalue weighted by Crippen LogP contribution is -2.12. The van der Waals surface area contributed by atoms with Crippen LogP contribution in [-0.2, 0) is 0 Å². The largest absolute Gasteiger partial charge is 0.459 e. The predicted octanol–water partition coefficient (Wildman–Crippen LogP) is 4.00. The van der Waals surface area contributed by atoms with Gasteiger partial charge < -0.3 is 8.83 Å². The minimum atomic E-state index is -0.448. The summed E-state index contributed by atoms with van der Waals surface area (Å²) in [5.41, 5.74) is 0.295. The Hall–Kier alpha value is -2.12. The van der Waals surface area contributed by atoms with Crippen LogP contribution < -0.4 is 5.32 Å². The molecule has 0 aliphatic carbocycles. The fourth-order valence-corrected chi connectivity index (χ4v) is 2.17. The molecule has 106 valence electrons. The van der Waals surface area contributed by atoms with Gasteiger partial charge in [0, 0.05) is 4.47 Å². The molecule has 0 aliphatic rings. The highest BCUT2D eigenvalue weighted by atomic mass is 79.9. The summed E-state index contributed by atoms with van der Waals surface area (Å²) < 4.78 is 11.1. The molecule has 2 aromatic heterocycles. The molecule has 0 fully saturated rings. The minimum Gasteiger partial charge on any atom is -0.459 e. The number of carbonyl (C=O) groups is 1. The highest BCUT2D eigenvalue weighted by Crippen LogP contribution is 2.23. The van der Waals surface area contributed by atoms with E-state index >= 15 is 0 Å². The number of hydrogen-bond acceptors (Lipinski definition) is 5. The normalized spacial score (nSPS) is 10.6. The Labute approximate surface area is 132 Å². The van der Waals surface area contributed by atoms with E-state index in [1.807, 2.05) is 0 Å². The first-order valence-electron chi connectivity index (χ1n) is 5.77. The van der Waals surface area contributed by atoms with E-state index in [0.717, 1.165) is 4.47 Å². The van der Waals surface area contributed by atoms with E-state index < -0.39 is 5.91 Å². The van der Waals surface area contributed by atoms with Crippen LogP contribution in [0.5, 0.6) is 0 Å². The summed E-state index contributed by atoms with van der Waals surface area (Å²) in [6.07, 6.45) is 1.49. The van der Waals surface area contributed by atoms with Gasteiger partial charge in [-0.25, -0.2) is 0 Å². The van der Waals surface area contributed by atoms with Crippen molar-refractivity contribution in [3.05, 3.63) is 51.7 Å². The van der Waals surface area contributed by atoms with Crippen molar-refractivity contribution >= 4 is 39.5 Å². The molecular weight excluding hydrogens is 362 g/mol. The first-order valence-corrected chi connectivity index (χ1v) is 6.94. The van der Waals surface area contributed by atoms with Gasteiger partial charge in [-0.3, -0.25) is 10.1 Å². The van der Waals surface area contributed by atoms with Crippen molar-refractivity contribution in [3.63, 3.8) is 0 Å². The standard InChI is InChI=1S/C13H7BrClN3O3/c14-7-3-4-9(15)8(6-7)11(19)16-13-18-17-12(21-13)10-2-1-5-20-10/h1-6H,(H,16,18,19). The van der Waals surface area contributed by atoms with Crippen molar-refractivity contribution in [2.24, 2.45) is 0 Å². The Morgan fingerprint density at radius 3 is 2.90 bits per heavy atom. The molecule has 0 radical (unpaired) electrons. The Morgan fingerprint density at radius 2 is 2.14 bits per heavy atom. The van der Waals surface area contributed by atoms with Crippen molar-refractivity contribution in [3.8, 4) is 11.7 Å². The molecule has 2 heterocycles. The Bertz CT molecular complexity index is 786. The molecule has 0 saturated heterocycles. The topological polar surface area (TPSA) is 81.2 Å². The van der Waals surface area contributed by atoms with E-state index in [0.29, 0.717) is 16.3 Å². The summed E-state index contributed by atoms with van der Waals surface area (Å²) in [4.78, 5) is 12.1. The number of anilines is 1. The number of nitrogens with one attached hydrogen (secondary N) is 1. The van der Waals surface area contributed by atoms with Gasteiger partial charge in [0.25, 0.3) is 11.8 Å². The maximum atomic E-state index is 12.1. The van der Waals surface area contributed by atoms with E-state index in [4.69, 9.17) is 20.4 Å². The summed E-state index contributed by atoms with van der Waals surface area (Å²) >= 11 is 9.26. The third-order valence-corrected chi connectivity index (χ3v) is 3.37. The molecule has 3 aromatic rings. The van der Waals surface area contributed by atoms with E-state index in [2.05, 4.69) is 31.4 Å². The van der Waals surface area contributed by atoms with Crippen LogP contribution >= 0.6 is 27.5 Å². The second-order valence-corrected chi connectivity index (χ2v) is 5.29. The summed E-state index contributed by atoms with van der Waals surface area (Å²) in [7, 11) is 0. The maximum Gasteiger partial charge on any atom is 0.322 e. The number of nitrogens with zero attached hydrogens (tertiary/aromatic N) is 2. The van der Waals surface area contributed by atoms with Crippen LogP contribution in [0.25, 0.3) is 11.7 Å². The molecule has 3 rings (SSSR count). The van der Waals surface area contributed by atoms with Gasteiger partial charge in [0.05, 0.1) is 16.8 Å². The van der Waals surface area contributed by atoms with Crippen molar-refractivity contribution in [2.75, 3.05) is 5.32 Å². The highest BCUT2D eigenvalue weighted by Gasteiger charge is 2.16. The van der Waals surface area contributed by atoms with Crippen LogP contribution in [-0.4, -0.2) is 16.1 Å². The number of rotatable bonds is 3. The predicted molar refractivity (Wildman–Crippen MR) is 79.1 cm³/mol. The van der Waals surface area contributed by atoms with Crippen LogP contribution in [0.1, 0.15) is 10.4 Å². The molecule has 1 aromatic carbocycles. The molecule has 1 N–H and O–H groups in total. The van der Waals surface area contributed by atoms with Crippen molar-refractivity contribution in [1.29, 1.82) is 0 Å². The zero-order valence-electron chi connectivity index (χ0n) is 10.3. The summed E-state index contributed by atoms with van der Waals surface area (Å²) in [6, 6.07) is 8.27. The van der Waals surface area contributed by atoms with E-state index in [1.165, 1.54) is 6.26 Å². The highest BCUT2D eigenvalue weighted by molar-refractivity contribution is 9.10. The third-order valence-electron chi connectivity index (χ3n) is 2.55. The molecule has 1 amide bonds. The lowest BCUT2D eigenvalue weighted by atomic mass is 10.2. The second kappa shape index (κ2) is 5.71. The van der Waals surface area contributed by atoms with Gasteiger partial charge in [0.1, 0.15) is 0 Å². The lowest BCUT2D eigenvalue weighted by Gasteiger charge is -2.03. The number of aromatic nitrogens is 2. The SMILES string of the molecule is O=C(Nc1nnc(-c2ccco2)o1)c1cc(Br)ccc1Cl. The van der Waals surface area contributed by atoms with Crippen molar-refractivity contribution in [2.45, 2.75) is 0 Å². The molecule has 0 atom stereocenters. The molecule has 0 saturated carbocycles. The molecule has 0 aliphatic heterocycles. The minimum absolute atomic E-state index is 0.0394. The number of hydrogen-bond donors (Lipinski definition) is 1. The maximum absolute atomic E-state index is 12.1. The molecule has 0 spiro atoms. The summed E-state index contributed by atoms with van der Waals surface area (Å²) in [5.74, 6) is 0.148. The lowest BCUT2D eigenvalue weighted by molar-refractivity contribution is 0.102. The first kappa shape index (κ1) is 13.8. The molecule has 0 bridgehead atoms. The smallest absolute Gasteiger partial charge is 0.322 e. The number of furan rings is 1. The quantitative estimate of drug-likeness (QED) is 0.756. The average molecular weight is 369 g/mol. The number of carbonyl (C=O) groups excluding carboxylic acids is 1. The van der Waals surface area contributed by atoms with Crippen molar-refractivity contribution in [1.82, 2.24) is 10.2 Å². The van der Waals surface area contributed by atoms with Gasteiger partial charge in [-0.1, -0.05) is 32.6 Å². The van der Waals surface area contributed by atoms with E-state index in [-0.39, 0.29) is 11.9 Å². The number of halogens is 2. The Morgan fingerprint density at radius 1 is 1.29 bits per heavy atom. The summed E-state index contributed by atoms with van der Waals surface area (Å²) in [5, 5.41) is 10.3. The fourth-order valence-electron chi connectivity index (χ4n) is 1.61. The van der Waals surface area contributed by atoms with Gasteiger partial charge in [0.2, 0.25) is 0 Å². The van der Waals surface area contributed by atoms with Gasteiger partial charge >= 0.3 is 6.01 Å². The van der Waals surface area contributed by atoms with Gasteiger partial charge in [-0.15, -0.1) is 5.10 Å². The average Bonchev–Trinajstić information content (AvgIpc) is 3.11. The van der Waals surface area contributed by atoms with Crippen LogP contribution in [0.15, 0.2) is 49.9 Å². The van der Waals surface area contributed by atoms with Gasteiger partial charge in [0.15, 0.2) is 5.76 Å². The van der Waals surface area contributed by atoms with Gasteiger partial charge in [-0.05, 0) is 30.3 Å². The van der Waals surface area contributed by atoms with Crippen LogP contribution in [0.3, 0.4) is 0 Å². The zero-order chi connectivity index (χ0) is 14.8. The second-order valence-electron chi connectivity index (χ2n) is 3.97. The molecule has 0 unspecified atom stereocenters. The number of benzene rings is 1. The van der Waals surface area contributed by atoms with E-state index in [1.54, 1.807) is 30.3 Å². The fraction of sp³-hybridized carbons (Fsp3) is 0.